The van der Waals surface area contributed by atoms with E-state index >= 15 is 0 Å². The second kappa shape index (κ2) is 6.80. The zero-order valence-corrected chi connectivity index (χ0v) is 16.5. The van der Waals surface area contributed by atoms with Crippen LogP contribution in [-0.4, -0.2) is 28.9 Å². The predicted octanol–water partition coefficient (Wildman–Crippen LogP) is 4.51. The highest BCUT2D eigenvalue weighted by Crippen LogP contribution is 2.31. The number of nitrogens with zero attached hydrogens (tertiary/aromatic N) is 1. The average molecular weight is 413 g/mol. The van der Waals surface area contributed by atoms with Crippen LogP contribution < -0.4 is 4.74 Å². The molecule has 1 N–H and O–H groups in total. The van der Waals surface area contributed by atoms with Crippen LogP contribution in [0.3, 0.4) is 0 Å². The van der Waals surface area contributed by atoms with Crippen LogP contribution in [0.15, 0.2) is 40.9 Å². The molecule has 0 bridgehead atoms. The molecular formula is C21H21BrN2O2. The molecule has 4 rings (SSSR count). The lowest BCUT2D eigenvalue weighted by Gasteiger charge is -2.27. The zero-order chi connectivity index (χ0) is 18.3. The van der Waals surface area contributed by atoms with Gasteiger partial charge in [0.05, 0.1) is 5.52 Å². The number of hydrogen-bond acceptors (Lipinski definition) is 2. The highest BCUT2D eigenvalue weighted by molar-refractivity contribution is 9.10. The summed E-state index contributed by atoms with van der Waals surface area (Å²) in [7, 11) is 0. The van der Waals surface area contributed by atoms with Crippen molar-refractivity contribution >= 4 is 32.7 Å². The molecule has 0 radical (unpaired) electrons. The van der Waals surface area contributed by atoms with Crippen molar-refractivity contribution in [3.05, 3.63) is 63.3 Å². The standard InChI is InChI=1S/C21H21BrN2O2/c1-13-6-7-15(10-14(13)2)26-12-20(25)24-9-8-19-17(11-24)16-4-3-5-18(22)21(16)23-19/h3-7,10,23H,8-9,11-12H2,1-2H3. The van der Waals surface area contributed by atoms with Crippen molar-refractivity contribution in [2.75, 3.05) is 13.2 Å². The fraction of sp³-hybridized carbons (Fsp3) is 0.286. The first-order chi connectivity index (χ1) is 12.5. The van der Waals surface area contributed by atoms with Gasteiger partial charge in [-0.3, -0.25) is 4.79 Å². The maximum atomic E-state index is 12.6. The van der Waals surface area contributed by atoms with Gasteiger partial charge in [0.15, 0.2) is 6.61 Å². The predicted molar refractivity (Wildman–Crippen MR) is 107 cm³/mol. The van der Waals surface area contributed by atoms with Gasteiger partial charge in [0.2, 0.25) is 0 Å². The van der Waals surface area contributed by atoms with Gasteiger partial charge < -0.3 is 14.6 Å². The van der Waals surface area contributed by atoms with Crippen LogP contribution in [0.2, 0.25) is 0 Å². The van der Waals surface area contributed by atoms with Crippen LogP contribution in [0.1, 0.15) is 22.4 Å². The van der Waals surface area contributed by atoms with Crippen LogP contribution in [0, 0.1) is 13.8 Å². The van der Waals surface area contributed by atoms with Crippen LogP contribution in [0.25, 0.3) is 10.9 Å². The Morgan fingerprint density at radius 1 is 1.23 bits per heavy atom. The highest BCUT2D eigenvalue weighted by atomic mass is 79.9. The van der Waals surface area contributed by atoms with E-state index in [4.69, 9.17) is 4.74 Å². The quantitative estimate of drug-likeness (QED) is 0.687. The van der Waals surface area contributed by atoms with Crippen LogP contribution in [-0.2, 0) is 17.8 Å². The number of carbonyl (C=O) groups is 1. The minimum Gasteiger partial charge on any atom is -0.484 e. The Kier molecular flexibility index (Phi) is 4.49. The minimum atomic E-state index is 0.0261. The molecule has 2 heterocycles. The molecule has 1 aromatic heterocycles. The maximum Gasteiger partial charge on any atom is 0.260 e. The van der Waals surface area contributed by atoms with Crippen LogP contribution >= 0.6 is 15.9 Å². The highest BCUT2D eigenvalue weighted by Gasteiger charge is 2.24. The van der Waals surface area contributed by atoms with Gasteiger partial charge in [0, 0.05) is 40.6 Å². The van der Waals surface area contributed by atoms with Crippen LogP contribution in [0.5, 0.6) is 5.75 Å². The number of H-pyrrole nitrogens is 1. The van der Waals surface area contributed by atoms with Gasteiger partial charge in [-0.2, -0.15) is 0 Å². The molecule has 1 aliphatic rings. The molecule has 0 atom stereocenters. The number of aryl methyl sites for hydroxylation is 2. The second-order valence-electron chi connectivity index (χ2n) is 6.84. The lowest BCUT2D eigenvalue weighted by molar-refractivity contribution is -0.134. The molecule has 1 aliphatic heterocycles. The third-order valence-electron chi connectivity index (χ3n) is 5.15. The summed E-state index contributed by atoms with van der Waals surface area (Å²) in [6.07, 6.45) is 0.839. The number of carbonyl (C=O) groups excluding carboxylic acids is 1. The van der Waals surface area contributed by atoms with E-state index in [0.717, 1.165) is 22.2 Å². The molecule has 0 saturated heterocycles. The summed E-state index contributed by atoms with van der Waals surface area (Å²) in [5.41, 5.74) is 5.94. The van der Waals surface area contributed by atoms with E-state index in [9.17, 15) is 4.79 Å². The third kappa shape index (κ3) is 3.12. The molecule has 5 heteroatoms. The van der Waals surface area contributed by atoms with Crippen molar-refractivity contribution in [3.63, 3.8) is 0 Å². The van der Waals surface area contributed by atoms with Gasteiger partial charge in [0.1, 0.15) is 5.75 Å². The van der Waals surface area contributed by atoms with E-state index in [1.54, 1.807) is 0 Å². The lowest BCUT2D eigenvalue weighted by Crippen LogP contribution is -2.38. The molecule has 0 spiro atoms. The SMILES string of the molecule is Cc1ccc(OCC(=O)N2CCc3[nH]c4c(Br)cccc4c3C2)cc1C. The largest absolute Gasteiger partial charge is 0.484 e. The molecule has 134 valence electrons. The number of hydrogen-bond donors (Lipinski definition) is 1. The number of nitrogens with one attached hydrogen (secondary N) is 1. The third-order valence-corrected chi connectivity index (χ3v) is 5.81. The summed E-state index contributed by atoms with van der Waals surface area (Å²) in [6, 6.07) is 12.1. The molecule has 3 aromatic rings. The van der Waals surface area contributed by atoms with Gasteiger partial charge in [-0.15, -0.1) is 0 Å². The Balaban J connectivity index is 1.48. The van der Waals surface area contributed by atoms with Crippen molar-refractivity contribution in [3.8, 4) is 5.75 Å². The second-order valence-corrected chi connectivity index (χ2v) is 7.70. The number of amides is 1. The minimum absolute atomic E-state index is 0.0261. The Hall–Kier alpha value is -2.27. The first-order valence-electron chi connectivity index (χ1n) is 8.78. The fourth-order valence-electron chi connectivity index (χ4n) is 3.46. The Morgan fingerprint density at radius 2 is 2.08 bits per heavy atom. The number of halogens is 1. The molecular weight excluding hydrogens is 392 g/mol. The van der Waals surface area contributed by atoms with Crippen LogP contribution in [0.4, 0.5) is 0 Å². The van der Waals surface area contributed by atoms with Crippen molar-refractivity contribution in [1.82, 2.24) is 9.88 Å². The van der Waals surface area contributed by atoms with Gasteiger partial charge in [-0.25, -0.2) is 0 Å². The van der Waals surface area contributed by atoms with E-state index in [-0.39, 0.29) is 12.5 Å². The summed E-state index contributed by atoms with van der Waals surface area (Å²) >= 11 is 3.60. The molecule has 1 amide bonds. The molecule has 2 aromatic carbocycles. The normalized spacial score (nSPS) is 13.7. The van der Waals surface area contributed by atoms with E-state index in [1.807, 2.05) is 42.2 Å². The van der Waals surface area contributed by atoms with Crippen molar-refractivity contribution < 1.29 is 9.53 Å². The number of aromatic nitrogens is 1. The number of para-hydroxylation sites is 1. The first-order valence-corrected chi connectivity index (χ1v) is 9.58. The lowest BCUT2D eigenvalue weighted by atomic mass is 10.0. The smallest absolute Gasteiger partial charge is 0.260 e. The number of fused-ring (bicyclic) bond motifs is 3. The zero-order valence-electron chi connectivity index (χ0n) is 14.9. The van der Waals surface area contributed by atoms with Gasteiger partial charge >= 0.3 is 0 Å². The monoisotopic (exact) mass is 412 g/mol. The fourth-order valence-corrected chi connectivity index (χ4v) is 3.92. The Labute approximate surface area is 161 Å². The topological polar surface area (TPSA) is 45.3 Å². The van der Waals surface area contributed by atoms with E-state index < -0.39 is 0 Å². The van der Waals surface area contributed by atoms with E-state index in [0.29, 0.717) is 13.1 Å². The summed E-state index contributed by atoms with van der Waals surface area (Å²) in [5.74, 6) is 0.772. The number of benzene rings is 2. The maximum absolute atomic E-state index is 12.6. The molecule has 0 aliphatic carbocycles. The molecule has 26 heavy (non-hydrogen) atoms. The molecule has 0 saturated carbocycles. The van der Waals surface area contributed by atoms with Gasteiger partial charge in [-0.05, 0) is 59.1 Å². The summed E-state index contributed by atoms with van der Waals surface area (Å²) < 4.78 is 6.78. The number of rotatable bonds is 3. The van der Waals surface area contributed by atoms with E-state index in [1.165, 1.54) is 27.8 Å². The Morgan fingerprint density at radius 3 is 2.88 bits per heavy atom. The summed E-state index contributed by atoms with van der Waals surface area (Å²) in [5, 5.41) is 1.18. The van der Waals surface area contributed by atoms with Crippen molar-refractivity contribution in [2.45, 2.75) is 26.8 Å². The number of ether oxygens (including phenoxy) is 1. The Bertz CT molecular complexity index is 993. The summed E-state index contributed by atoms with van der Waals surface area (Å²) in [6.45, 7) is 5.53. The number of aromatic amines is 1. The van der Waals surface area contributed by atoms with Gasteiger partial charge in [0.25, 0.3) is 5.91 Å². The summed E-state index contributed by atoms with van der Waals surface area (Å²) in [4.78, 5) is 18.0. The van der Waals surface area contributed by atoms with Crippen molar-refractivity contribution in [2.24, 2.45) is 0 Å². The van der Waals surface area contributed by atoms with E-state index in [2.05, 4.69) is 33.9 Å². The van der Waals surface area contributed by atoms with Crippen molar-refractivity contribution in [1.29, 1.82) is 0 Å². The average Bonchev–Trinajstić information content (AvgIpc) is 3.02. The van der Waals surface area contributed by atoms with Gasteiger partial charge in [-0.1, -0.05) is 18.2 Å². The first kappa shape index (κ1) is 17.2. The molecule has 4 nitrogen and oxygen atoms in total. The molecule has 0 fully saturated rings. The molecule has 0 unspecified atom stereocenters.